The summed E-state index contributed by atoms with van der Waals surface area (Å²) in [5.41, 5.74) is 6.36. The highest BCUT2D eigenvalue weighted by molar-refractivity contribution is 7.91. The second-order valence-corrected chi connectivity index (χ2v) is 9.15. The zero-order valence-corrected chi connectivity index (χ0v) is 15.9. The van der Waals surface area contributed by atoms with Gasteiger partial charge in [-0.05, 0) is 79.0 Å². The van der Waals surface area contributed by atoms with Gasteiger partial charge in [-0.15, -0.1) is 5.10 Å². The maximum atomic E-state index is 13.4. The zero-order chi connectivity index (χ0) is 19.3. The average molecular weight is 398 g/mol. The number of H-pyrrole nitrogens is 1. The SMILES string of the molecule is O=S(=O)(c1cccc(F)c1)c1nc(Nc2c3c(cc4c2CCC4)CCC3)n[nH]1. The van der Waals surface area contributed by atoms with Crippen LogP contribution in [0.25, 0.3) is 0 Å². The fourth-order valence-electron chi connectivity index (χ4n) is 4.25. The van der Waals surface area contributed by atoms with Crippen molar-refractivity contribution in [2.75, 3.05) is 5.32 Å². The van der Waals surface area contributed by atoms with Gasteiger partial charge < -0.3 is 5.32 Å². The van der Waals surface area contributed by atoms with Gasteiger partial charge in [0.2, 0.25) is 20.9 Å². The lowest BCUT2D eigenvalue weighted by molar-refractivity contribution is 0.583. The molecule has 2 N–H and O–H groups in total. The first kappa shape index (κ1) is 17.4. The van der Waals surface area contributed by atoms with Crippen molar-refractivity contribution < 1.29 is 12.8 Å². The van der Waals surface area contributed by atoms with Crippen molar-refractivity contribution in [1.29, 1.82) is 0 Å². The molecular weight excluding hydrogens is 379 g/mol. The van der Waals surface area contributed by atoms with E-state index in [4.69, 9.17) is 0 Å². The third kappa shape index (κ3) is 2.79. The maximum absolute atomic E-state index is 13.4. The molecule has 0 spiro atoms. The van der Waals surface area contributed by atoms with E-state index in [9.17, 15) is 12.8 Å². The fraction of sp³-hybridized carbons (Fsp3) is 0.300. The molecule has 5 rings (SSSR count). The summed E-state index contributed by atoms with van der Waals surface area (Å²) in [6.45, 7) is 0. The maximum Gasteiger partial charge on any atom is 0.249 e. The Hall–Kier alpha value is -2.74. The van der Waals surface area contributed by atoms with Crippen molar-refractivity contribution in [3.05, 3.63) is 58.4 Å². The molecule has 0 saturated carbocycles. The van der Waals surface area contributed by atoms with Gasteiger partial charge in [0.05, 0.1) is 4.90 Å². The topological polar surface area (TPSA) is 87.7 Å². The first-order valence-electron chi connectivity index (χ1n) is 9.39. The van der Waals surface area contributed by atoms with Crippen LogP contribution >= 0.6 is 0 Å². The van der Waals surface area contributed by atoms with Crippen LogP contribution in [0.3, 0.4) is 0 Å². The molecule has 144 valence electrons. The van der Waals surface area contributed by atoms with Crippen molar-refractivity contribution in [3.63, 3.8) is 0 Å². The summed E-state index contributed by atoms with van der Waals surface area (Å²) in [7, 11) is -3.97. The average Bonchev–Trinajstić information content (AvgIpc) is 3.41. The molecular formula is C20H19FN4O2S. The molecule has 0 atom stereocenters. The molecule has 0 amide bonds. The number of nitrogens with one attached hydrogen (secondary N) is 2. The molecule has 1 heterocycles. The summed E-state index contributed by atoms with van der Waals surface area (Å²) >= 11 is 0. The van der Waals surface area contributed by atoms with Crippen LogP contribution in [0.2, 0.25) is 0 Å². The van der Waals surface area contributed by atoms with E-state index < -0.39 is 15.7 Å². The molecule has 0 aliphatic heterocycles. The Balaban J connectivity index is 1.51. The molecule has 0 bridgehead atoms. The van der Waals surface area contributed by atoms with Gasteiger partial charge >= 0.3 is 0 Å². The monoisotopic (exact) mass is 398 g/mol. The van der Waals surface area contributed by atoms with E-state index in [1.165, 1.54) is 40.5 Å². The number of aromatic amines is 1. The first-order valence-corrected chi connectivity index (χ1v) is 10.9. The van der Waals surface area contributed by atoms with Crippen LogP contribution in [-0.4, -0.2) is 23.6 Å². The molecule has 2 aliphatic rings. The predicted molar refractivity (Wildman–Crippen MR) is 102 cm³/mol. The highest BCUT2D eigenvalue weighted by Gasteiger charge is 2.26. The quantitative estimate of drug-likeness (QED) is 0.702. The molecule has 0 unspecified atom stereocenters. The summed E-state index contributed by atoms with van der Waals surface area (Å²) in [5.74, 6) is -0.404. The molecule has 0 saturated heterocycles. The van der Waals surface area contributed by atoms with E-state index in [1.807, 2.05) is 0 Å². The summed E-state index contributed by atoms with van der Waals surface area (Å²) in [5, 5.41) is 9.51. The number of hydrogen-bond acceptors (Lipinski definition) is 5. The van der Waals surface area contributed by atoms with E-state index in [0.717, 1.165) is 50.3 Å². The molecule has 0 radical (unpaired) electrons. The second-order valence-electron chi connectivity index (χ2n) is 7.28. The minimum absolute atomic E-state index is 0.156. The predicted octanol–water partition coefficient (Wildman–Crippen LogP) is 3.50. The number of benzene rings is 2. The Morgan fingerprint density at radius 3 is 2.39 bits per heavy atom. The highest BCUT2D eigenvalue weighted by atomic mass is 32.2. The van der Waals surface area contributed by atoms with Gasteiger partial charge in [0.25, 0.3) is 0 Å². The zero-order valence-electron chi connectivity index (χ0n) is 15.1. The van der Waals surface area contributed by atoms with Crippen molar-refractivity contribution in [1.82, 2.24) is 15.2 Å². The van der Waals surface area contributed by atoms with E-state index in [2.05, 4.69) is 26.6 Å². The number of halogens is 1. The number of rotatable bonds is 4. The lowest BCUT2D eigenvalue weighted by Crippen LogP contribution is -2.05. The van der Waals surface area contributed by atoms with Gasteiger partial charge in [-0.2, -0.15) is 4.98 Å². The minimum Gasteiger partial charge on any atom is -0.322 e. The van der Waals surface area contributed by atoms with Crippen molar-refractivity contribution >= 4 is 21.5 Å². The van der Waals surface area contributed by atoms with E-state index in [-0.39, 0.29) is 16.0 Å². The van der Waals surface area contributed by atoms with E-state index in [0.29, 0.717) is 0 Å². The second kappa shape index (κ2) is 6.41. The fourth-order valence-corrected chi connectivity index (χ4v) is 5.37. The summed E-state index contributed by atoms with van der Waals surface area (Å²) < 4.78 is 38.8. The van der Waals surface area contributed by atoms with Gasteiger partial charge in [0.15, 0.2) is 0 Å². The van der Waals surface area contributed by atoms with Crippen LogP contribution in [0, 0.1) is 5.82 Å². The molecule has 0 fully saturated rings. The Kier molecular flexibility index (Phi) is 3.97. The Morgan fingerprint density at radius 1 is 1.00 bits per heavy atom. The van der Waals surface area contributed by atoms with Crippen LogP contribution in [-0.2, 0) is 35.5 Å². The lowest BCUT2D eigenvalue weighted by Gasteiger charge is -2.15. The number of hydrogen-bond donors (Lipinski definition) is 2. The van der Waals surface area contributed by atoms with Gasteiger partial charge in [-0.3, -0.25) is 0 Å². The van der Waals surface area contributed by atoms with Crippen LogP contribution in [0.5, 0.6) is 0 Å². The standard InChI is InChI=1S/C20H19FN4O2S/c21-14-6-3-7-15(11-14)28(26,27)20-23-19(24-25-20)22-18-16-8-1-4-12(16)10-13-5-2-9-17(13)18/h3,6-7,10-11H,1-2,4-5,8-9H2,(H2,22,23,24,25). The van der Waals surface area contributed by atoms with Gasteiger partial charge in [-0.1, -0.05) is 12.1 Å². The molecule has 28 heavy (non-hydrogen) atoms. The summed E-state index contributed by atoms with van der Waals surface area (Å²) in [6, 6.07) is 7.19. The van der Waals surface area contributed by atoms with E-state index >= 15 is 0 Å². The molecule has 6 nitrogen and oxygen atoms in total. The molecule has 2 aromatic carbocycles. The minimum atomic E-state index is -3.97. The van der Waals surface area contributed by atoms with E-state index in [1.54, 1.807) is 0 Å². The number of anilines is 2. The smallest absolute Gasteiger partial charge is 0.249 e. The number of nitrogens with zero attached hydrogens (tertiary/aromatic N) is 2. The summed E-state index contributed by atoms with van der Waals surface area (Å²) in [6.07, 6.45) is 6.41. The molecule has 1 aromatic heterocycles. The molecule has 3 aromatic rings. The van der Waals surface area contributed by atoms with Gasteiger partial charge in [-0.25, -0.2) is 17.9 Å². The Morgan fingerprint density at radius 2 is 1.71 bits per heavy atom. The largest absolute Gasteiger partial charge is 0.322 e. The third-order valence-corrected chi connectivity index (χ3v) is 7.10. The van der Waals surface area contributed by atoms with Crippen LogP contribution in [0.4, 0.5) is 16.0 Å². The van der Waals surface area contributed by atoms with Gasteiger partial charge in [0, 0.05) is 5.69 Å². The normalized spacial score (nSPS) is 15.5. The lowest BCUT2D eigenvalue weighted by atomic mass is 9.99. The van der Waals surface area contributed by atoms with Gasteiger partial charge in [0.1, 0.15) is 5.82 Å². The van der Waals surface area contributed by atoms with Crippen LogP contribution in [0.1, 0.15) is 35.1 Å². The Labute approximate surface area is 162 Å². The number of sulfone groups is 1. The Bertz CT molecular complexity index is 1150. The van der Waals surface area contributed by atoms with Crippen LogP contribution < -0.4 is 5.32 Å². The first-order chi connectivity index (χ1) is 13.5. The van der Waals surface area contributed by atoms with Crippen molar-refractivity contribution in [2.45, 2.75) is 48.6 Å². The highest BCUT2D eigenvalue weighted by Crippen LogP contribution is 2.39. The van der Waals surface area contributed by atoms with Crippen LogP contribution in [0.15, 0.2) is 40.4 Å². The number of aryl methyl sites for hydroxylation is 2. The molecule has 8 heteroatoms. The van der Waals surface area contributed by atoms with Crippen molar-refractivity contribution in [2.24, 2.45) is 0 Å². The number of aromatic nitrogens is 3. The number of fused-ring (bicyclic) bond motifs is 2. The molecule has 2 aliphatic carbocycles. The summed E-state index contributed by atoms with van der Waals surface area (Å²) in [4.78, 5) is 3.99. The third-order valence-electron chi connectivity index (χ3n) is 5.54. The van der Waals surface area contributed by atoms with Crippen molar-refractivity contribution in [3.8, 4) is 0 Å².